The van der Waals surface area contributed by atoms with Gasteiger partial charge in [-0.15, -0.1) is 0 Å². The van der Waals surface area contributed by atoms with E-state index in [0.29, 0.717) is 37.2 Å². The number of ether oxygens (including phenoxy) is 1. The van der Waals surface area contributed by atoms with E-state index < -0.39 is 46.7 Å². The summed E-state index contributed by atoms with van der Waals surface area (Å²) >= 11 is 0. The number of hydrogen-bond acceptors (Lipinski definition) is 3. The van der Waals surface area contributed by atoms with Gasteiger partial charge in [0, 0.05) is 0 Å². The summed E-state index contributed by atoms with van der Waals surface area (Å²) in [4.78, 5) is 25.9. The summed E-state index contributed by atoms with van der Waals surface area (Å²) in [6, 6.07) is 4.11. The third kappa shape index (κ3) is 6.63. The molecular weight excluding hydrogens is 486 g/mol. The Hall–Kier alpha value is -2.64. The molecule has 4 nitrogen and oxygen atoms in total. The Bertz CT molecular complexity index is 1110. The second kappa shape index (κ2) is 9.91. The fraction of sp³-hybridized carbons (Fsp3) is 0.586. The molecule has 1 unspecified atom stereocenters. The first-order valence-electron chi connectivity index (χ1n) is 13.0. The fourth-order valence-electron chi connectivity index (χ4n) is 5.01. The van der Waals surface area contributed by atoms with E-state index in [9.17, 15) is 27.2 Å². The molecule has 1 amide bonds. The molecule has 1 aromatic carbocycles. The lowest BCUT2D eigenvalue weighted by Crippen LogP contribution is -2.40. The zero-order chi connectivity index (χ0) is 27.2. The second-order valence-corrected chi connectivity index (χ2v) is 11.9. The summed E-state index contributed by atoms with van der Waals surface area (Å²) in [5.41, 5.74) is 0.206. The van der Waals surface area contributed by atoms with Crippen LogP contribution in [0, 0.1) is 34.9 Å². The summed E-state index contributed by atoms with van der Waals surface area (Å²) in [6.45, 7) is 6.36. The molecule has 0 aromatic heterocycles. The van der Waals surface area contributed by atoms with Crippen molar-refractivity contribution in [1.82, 2.24) is 0 Å². The average Bonchev–Trinajstić information content (AvgIpc) is 3.70. The van der Waals surface area contributed by atoms with Crippen molar-refractivity contribution in [2.24, 2.45) is 29.1 Å². The number of nitrogens with one attached hydrogen (secondary N) is 1. The predicted molar refractivity (Wildman–Crippen MR) is 133 cm³/mol. The molecule has 0 bridgehead atoms. The maximum Gasteiger partial charge on any atom is 0.392 e. The van der Waals surface area contributed by atoms with Crippen molar-refractivity contribution in [3.63, 3.8) is 0 Å². The molecule has 0 heterocycles. The number of anilines is 1. The Morgan fingerprint density at radius 1 is 1.16 bits per heavy atom. The number of allylic oxidation sites excluding steroid dienone is 4. The Morgan fingerprint density at radius 3 is 2.35 bits per heavy atom. The minimum absolute atomic E-state index is 0.184. The van der Waals surface area contributed by atoms with Crippen LogP contribution < -0.4 is 5.32 Å². The molecule has 0 radical (unpaired) electrons. The zero-order valence-electron chi connectivity index (χ0n) is 21.8. The lowest BCUT2D eigenvalue weighted by molar-refractivity contribution is -0.188. The number of halogens is 4. The van der Waals surface area contributed by atoms with Crippen LogP contribution in [0.1, 0.15) is 65.4 Å². The van der Waals surface area contributed by atoms with Gasteiger partial charge in [-0.05, 0) is 94.4 Å². The van der Waals surface area contributed by atoms with Crippen LogP contribution in [0.25, 0.3) is 0 Å². The largest absolute Gasteiger partial charge is 0.460 e. The minimum Gasteiger partial charge on any atom is -0.460 e. The van der Waals surface area contributed by atoms with Crippen LogP contribution in [-0.4, -0.2) is 23.7 Å². The van der Waals surface area contributed by atoms with Crippen molar-refractivity contribution in [3.8, 4) is 0 Å². The van der Waals surface area contributed by atoms with Crippen molar-refractivity contribution in [1.29, 1.82) is 0 Å². The van der Waals surface area contributed by atoms with Gasteiger partial charge in [-0.25, -0.2) is 4.39 Å². The number of alkyl halides is 3. The van der Waals surface area contributed by atoms with E-state index in [4.69, 9.17) is 4.74 Å². The molecule has 3 aliphatic carbocycles. The van der Waals surface area contributed by atoms with Crippen molar-refractivity contribution >= 4 is 17.6 Å². The topological polar surface area (TPSA) is 55.4 Å². The molecule has 3 atom stereocenters. The Kier molecular flexibility index (Phi) is 7.34. The number of amides is 1. The van der Waals surface area contributed by atoms with Gasteiger partial charge in [0.05, 0.1) is 22.9 Å². The molecule has 8 heteroatoms. The molecule has 1 aromatic rings. The van der Waals surface area contributed by atoms with Crippen LogP contribution in [-0.2, 0) is 20.7 Å². The molecule has 2 fully saturated rings. The fourth-order valence-corrected chi connectivity index (χ4v) is 5.01. The Morgan fingerprint density at radius 2 is 1.84 bits per heavy atom. The highest BCUT2D eigenvalue weighted by Gasteiger charge is 2.52. The number of benzene rings is 1. The van der Waals surface area contributed by atoms with Gasteiger partial charge in [-0.1, -0.05) is 31.2 Å². The summed E-state index contributed by atoms with van der Waals surface area (Å²) in [7, 11) is 0. The van der Waals surface area contributed by atoms with Crippen molar-refractivity contribution < 1.29 is 31.9 Å². The van der Waals surface area contributed by atoms with Gasteiger partial charge in [0.1, 0.15) is 11.4 Å². The normalized spacial score (nSPS) is 22.6. The van der Waals surface area contributed by atoms with E-state index in [0.717, 1.165) is 25.3 Å². The third-order valence-electron chi connectivity index (χ3n) is 7.55. The van der Waals surface area contributed by atoms with E-state index >= 15 is 0 Å². The van der Waals surface area contributed by atoms with E-state index in [-0.39, 0.29) is 11.7 Å². The first kappa shape index (κ1) is 27.4. The number of rotatable bonds is 8. The third-order valence-corrected chi connectivity index (χ3v) is 7.55. The van der Waals surface area contributed by atoms with E-state index in [1.165, 1.54) is 18.2 Å². The van der Waals surface area contributed by atoms with Crippen molar-refractivity contribution in [2.45, 2.75) is 78.0 Å². The van der Waals surface area contributed by atoms with Crippen molar-refractivity contribution in [2.75, 3.05) is 5.32 Å². The molecule has 0 aliphatic heterocycles. The zero-order valence-corrected chi connectivity index (χ0v) is 21.8. The molecule has 0 spiro atoms. The molecule has 37 heavy (non-hydrogen) atoms. The number of hydrogen-bond donors (Lipinski definition) is 1. The molecule has 202 valence electrons. The number of esters is 1. The van der Waals surface area contributed by atoms with E-state index in [1.807, 2.05) is 12.2 Å². The number of carbonyl (C=O) groups is 2. The smallest absolute Gasteiger partial charge is 0.392 e. The first-order chi connectivity index (χ1) is 17.2. The van der Waals surface area contributed by atoms with E-state index in [2.05, 4.69) is 5.32 Å². The van der Waals surface area contributed by atoms with Crippen LogP contribution in [0.15, 0.2) is 42.0 Å². The summed E-state index contributed by atoms with van der Waals surface area (Å²) in [5, 5.41) is 2.44. The van der Waals surface area contributed by atoms with Crippen LogP contribution in [0.4, 0.5) is 23.2 Å². The predicted octanol–water partition coefficient (Wildman–Crippen LogP) is 7.16. The molecule has 1 N–H and O–H groups in total. The van der Waals surface area contributed by atoms with Gasteiger partial charge in [0.25, 0.3) is 0 Å². The van der Waals surface area contributed by atoms with Crippen LogP contribution in [0.3, 0.4) is 0 Å². The average molecular weight is 522 g/mol. The van der Waals surface area contributed by atoms with Gasteiger partial charge in [-0.3, -0.25) is 9.59 Å². The summed E-state index contributed by atoms with van der Waals surface area (Å²) in [5.74, 6) is -5.43. The van der Waals surface area contributed by atoms with Gasteiger partial charge in [0.15, 0.2) is 0 Å². The van der Waals surface area contributed by atoms with Gasteiger partial charge >= 0.3 is 12.1 Å². The highest BCUT2D eigenvalue weighted by atomic mass is 19.4. The van der Waals surface area contributed by atoms with Crippen LogP contribution in [0.5, 0.6) is 0 Å². The monoisotopic (exact) mass is 521 g/mol. The summed E-state index contributed by atoms with van der Waals surface area (Å²) < 4.78 is 61.5. The van der Waals surface area contributed by atoms with Crippen molar-refractivity contribution in [3.05, 3.63) is 53.4 Å². The Balaban J connectivity index is 1.51. The molecule has 0 saturated heterocycles. The maximum absolute atomic E-state index is 14.7. The number of carbonyl (C=O) groups excluding carboxylic acids is 2. The molecule has 2 saturated carbocycles. The standard InChI is InChI=1S/C29H35F4NO3/c1-17(29(31,32)33)24(21-10-8-20(9-11-21)19-6-7-19)25(35)34-23-15-18(5-12-22(23)30)16-28(13-14-28)26(36)37-27(2,3)4/h5,8-10,12,15,17,19,21,24H,6-7,11,13-14,16H2,1-4H3,(H,34,35)/t17-,21?,24+/m1/s1. The van der Waals surface area contributed by atoms with E-state index in [1.54, 1.807) is 26.8 Å². The van der Waals surface area contributed by atoms with Crippen LogP contribution in [0.2, 0.25) is 0 Å². The second-order valence-electron chi connectivity index (χ2n) is 11.9. The highest BCUT2D eigenvalue weighted by Crippen LogP contribution is 2.50. The maximum atomic E-state index is 14.7. The lowest BCUT2D eigenvalue weighted by Gasteiger charge is -2.31. The SMILES string of the molecule is C[C@H]([C@H](C(=O)Nc1cc(CC2(C(=O)OC(C)(C)C)CC2)ccc1F)C1C=CC(C2CC2)=CC1)C(F)(F)F. The van der Waals surface area contributed by atoms with Gasteiger partial charge in [-0.2, -0.15) is 13.2 Å². The van der Waals surface area contributed by atoms with Gasteiger partial charge in [0.2, 0.25) is 5.91 Å². The lowest BCUT2D eigenvalue weighted by atomic mass is 9.77. The summed E-state index contributed by atoms with van der Waals surface area (Å²) in [6.07, 6.45) is 4.94. The van der Waals surface area contributed by atoms with Crippen LogP contribution >= 0.6 is 0 Å². The molecule has 4 rings (SSSR count). The quantitative estimate of drug-likeness (QED) is 0.292. The highest BCUT2D eigenvalue weighted by molar-refractivity contribution is 5.93. The van der Waals surface area contributed by atoms with Gasteiger partial charge < -0.3 is 10.1 Å². The Labute approximate surface area is 215 Å². The minimum atomic E-state index is -4.58. The molecule has 3 aliphatic rings. The first-order valence-corrected chi connectivity index (χ1v) is 13.0. The molecular formula is C29H35F4NO3.